The molecule has 3 rings (SSSR count). The molecule has 1 saturated heterocycles. The molecular weight excluding hydrogens is 318 g/mol. The number of hydrogen-bond acceptors (Lipinski definition) is 5. The summed E-state index contributed by atoms with van der Waals surface area (Å²) in [5.41, 5.74) is 4.70. The normalized spacial score (nSPS) is 18.8. The third-order valence-corrected chi connectivity index (χ3v) is 4.47. The predicted molar refractivity (Wildman–Crippen MR) is 95.3 cm³/mol. The van der Waals surface area contributed by atoms with E-state index in [2.05, 4.69) is 28.7 Å². The van der Waals surface area contributed by atoms with Crippen molar-refractivity contribution in [3.63, 3.8) is 0 Å². The summed E-state index contributed by atoms with van der Waals surface area (Å²) in [5, 5.41) is 0. The number of nitrogens with one attached hydrogen (secondary N) is 1. The summed E-state index contributed by atoms with van der Waals surface area (Å²) in [7, 11) is 1.61. The van der Waals surface area contributed by atoms with Crippen LogP contribution in [0.4, 0.5) is 4.79 Å². The van der Waals surface area contributed by atoms with E-state index in [1.165, 1.54) is 5.56 Å². The van der Waals surface area contributed by atoms with Gasteiger partial charge >= 0.3 is 6.09 Å². The van der Waals surface area contributed by atoms with Gasteiger partial charge in [0.25, 0.3) is 0 Å². The molecule has 25 heavy (non-hydrogen) atoms. The van der Waals surface area contributed by atoms with Crippen LogP contribution in [0.15, 0.2) is 42.2 Å². The number of hydroxylamine groups is 1. The van der Waals surface area contributed by atoms with E-state index < -0.39 is 5.60 Å². The van der Waals surface area contributed by atoms with E-state index >= 15 is 0 Å². The molecule has 2 aliphatic rings. The van der Waals surface area contributed by atoms with Gasteiger partial charge in [-0.05, 0) is 26.3 Å². The van der Waals surface area contributed by atoms with Crippen LogP contribution >= 0.6 is 0 Å². The fraction of sp³-hybridized carbons (Fsp3) is 0.526. The number of benzene rings is 1. The molecule has 6 heteroatoms. The van der Waals surface area contributed by atoms with E-state index in [1.54, 1.807) is 12.0 Å². The Hall–Kier alpha value is -2.21. The van der Waals surface area contributed by atoms with Gasteiger partial charge in [0.1, 0.15) is 5.60 Å². The highest BCUT2D eigenvalue weighted by molar-refractivity contribution is 5.70. The van der Waals surface area contributed by atoms with Crippen molar-refractivity contribution in [2.75, 3.05) is 26.7 Å². The highest BCUT2D eigenvalue weighted by atomic mass is 16.6. The minimum Gasteiger partial charge on any atom is -0.444 e. The summed E-state index contributed by atoms with van der Waals surface area (Å²) in [4.78, 5) is 21.4. The molecule has 1 fully saturated rings. The van der Waals surface area contributed by atoms with Gasteiger partial charge in [0, 0.05) is 32.4 Å². The van der Waals surface area contributed by atoms with Crippen molar-refractivity contribution in [1.29, 1.82) is 0 Å². The van der Waals surface area contributed by atoms with E-state index in [9.17, 15) is 4.79 Å². The maximum absolute atomic E-state index is 12.2. The molecule has 1 aromatic rings. The van der Waals surface area contributed by atoms with E-state index in [0.29, 0.717) is 13.1 Å². The van der Waals surface area contributed by atoms with Crippen molar-refractivity contribution in [1.82, 2.24) is 15.3 Å². The molecule has 6 nitrogen and oxygen atoms in total. The zero-order chi connectivity index (χ0) is 18.1. The number of rotatable bonds is 4. The zero-order valence-electron chi connectivity index (χ0n) is 15.4. The smallest absolute Gasteiger partial charge is 0.410 e. The summed E-state index contributed by atoms with van der Waals surface area (Å²) in [5.74, 6) is 0. The summed E-state index contributed by atoms with van der Waals surface area (Å²) in [6.45, 7) is 8.61. The molecule has 0 radical (unpaired) electrons. The second-order valence-corrected chi connectivity index (χ2v) is 7.86. The van der Waals surface area contributed by atoms with Gasteiger partial charge in [-0.2, -0.15) is 0 Å². The van der Waals surface area contributed by atoms with Crippen molar-refractivity contribution < 1.29 is 14.4 Å². The molecule has 2 aliphatic heterocycles. The van der Waals surface area contributed by atoms with Crippen LogP contribution in [0, 0.1) is 5.41 Å². The third-order valence-electron chi connectivity index (χ3n) is 4.47. The number of nitrogens with zero attached hydrogens (tertiary/aromatic N) is 2. The third kappa shape index (κ3) is 3.90. The number of amides is 1. The Morgan fingerprint density at radius 3 is 2.48 bits per heavy atom. The van der Waals surface area contributed by atoms with Crippen molar-refractivity contribution in [3.05, 3.63) is 47.8 Å². The number of ether oxygens (including phenoxy) is 1. The quantitative estimate of drug-likeness (QED) is 0.851. The summed E-state index contributed by atoms with van der Waals surface area (Å²) in [6.07, 6.45) is 1.85. The molecule has 1 amide bonds. The second-order valence-electron chi connectivity index (χ2n) is 7.86. The standard InChI is InChI=1S/C19H27N3O3/c1-18(2,3)25-17(23)22-13-19(14-22)12-21(11-16(19)20-24-4)10-15-8-6-5-7-9-15/h5-9,11,20H,10,12-14H2,1-4H3. The maximum Gasteiger partial charge on any atom is 0.410 e. The van der Waals surface area contributed by atoms with Crippen molar-refractivity contribution in [2.24, 2.45) is 5.41 Å². The summed E-state index contributed by atoms with van der Waals surface area (Å²) < 4.78 is 5.46. The number of carbonyl (C=O) groups excluding carboxylic acids is 1. The SMILES string of the molecule is CONC1=CN(Cc2ccccc2)CC12CN(C(=O)OC(C)(C)C)C2. The van der Waals surface area contributed by atoms with Crippen LogP contribution in [0.3, 0.4) is 0 Å². The molecule has 1 N–H and O–H groups in total. The van der Waals surface area contributed by atoms with Crippen LogP contribution < -0.4 is 5.48 Å². The first kappa shape index (κ1) is 17.6. The van der Waals surface area contributed by atoms with Crippen LogP contribution in [-0.4, -0.2) is 48.2 Å². The van der Waals surface area contributed by atoms with Gasteiger partial charge in [0.05, 0.1) is 18.2 Å². The first-order chi connectivity index (χ1) is 11.8. The molecule has 0 unspecified atom stereocenters. The Balaban J connectivity index is 1.64. The molecule has 0 aromatic heterocycles. The van der Waals surface area contributed by atoms with Gasteiger partial charge in [-0.15, -0.1) is 0 Å². The van der Waals surface area contributed by atoms with Gasteiger partial charge in [0.15, 0.2) is 0 Å². The van der Waals surface area contributed by atoms with E-state index in [1.807, 2.05) is 39.0 Å². The fourth-order valence-corrected chi connectivity index (χ4v) is 3.41. The summed E-state index contributed by atoms with van der Waals surface area (Å²) in [6, 6.07) is 10.4. The zero-order valence-corrected chi connectivity index (χ0v) is 15.4. The molecule has 0 aliphatic carbocycles. The number of carbonyl (C=O) groups is 1. The van der Waals surface area contributed by atoms with Crippen molar-refractivity contribution in [3.8, 4) is 0 Å². The second kappa shape index (κ2) is 6.59. The van der Waals surface area contributed by atoms with E-state index in [4.69, 9.17) is 9.57 Å². The maximum atomic E-state index is 12.2. The van der Waals surface area contributed by atoms with Gasteiger partial charge in [0.2, 0.25) is 0 Å². The number of likely N-dealkylation sites (tertiary alicyclic amines) is 1. The fourth-order valence-electron chi connectivity index (χ4n) is 3.41. The Labute approximate surface area is 149 Å². The van der Waals surface area contributed by atoms with Gasteiger partial charge in [-0.1, -0.05) is 30.3 Å². The predicted octanol–water partition coefficient (Wildman–Crippen LogP) is 2.73. The van der Waals surface area contributed by atoms with Gasteiger partial charge in [-0.3, -0.25) is 10.3 Å². The average molecular weight is 345 g/mol. The summed E-state index contributed by atoms with van der Waals surface area (Å²) >= 11 is 0. The van der Waals surface area contributed by atoms with Gasteiger partial charge in [-0.25, -0.2) is 4.79 Å². The molecule has 2 heterocycles. The lowest BCUT2D eigenvalue weighted by atomic mass is 9.78. The molecule has 1 aromatic carbocycles. The highest BCUT2D eigenvalue weighted by Crippen LogP contribution is 2.42. The lowest BCUT2D eigenvalue weighted by Gasteiger charge is -2.49. The van der Waals surface area contributed by atoms with Crippen LogP contribution in [0.25, 0.3) is 0 Å². The first-order valence-electron chi connectivity index (χ1n) is 8.59. The van der Waals surface area contributed by atoms with Crippen LogP contribution in [0.5, 0.6) is 0 Å². The lowest BCUT2D eigenvalue weighted by Crippen LogP contribution is -2.62. The van der Waals surface area contributed by atoms with Gasteiger partial charge < -0.3 is 14.5 Å². The molecule has 1 spiro atoms. The van der Waals surface area contributed by atoms with Crippen LogP contribution in [0.2, 0.25) is 0 Å². The Morgan fingerprint density at radius 1 is 1.20 bits per heavy atom. The lowest BCUT2D eigenvalue weighted by molar-refractivity contribution is -0.0326. The molecular formula is C19H27N3O3. The molecule has 0 atom stereocenters. The highest BCUT2D eigenvalue weighted by Gasteiger charge is 2.53. The van der Waals surface area contributed by atoms with Crippen LogP contribution in [-0.2, 0) is 16.1 Å². The van der Waals surface area contributed by atoms with Crippen LogP contribution in [0.1, 0.15) is 26.3 Å². The Bertz CT molecular complexity index is 646. The monoisotopic (exact) mass is 345 g/mol. The molecule has 0 bridgehead atoms. The van der Waals surface area contributed by atoms with E-state index in [-0.39, 0.29) is 11.5 Å². The molecule has 136 valence electrons. The largest absolute Gasteiger partial charge is 0.444 e. The minimum atomic E-state index is -0.474. The average Bonchev–Trinajstić information content (AvgIpc) is 2.84. The van der Waals surface area contributed by atoms with E-state index in [0.717, 1.165) is 18.8 Å². The topological polar surface area (TPSA) is 54.0 Å². The Kier molecular flexibility index (Phi) is 4.64. The Morgan fingerprint density at radius 2 is 1.88 bits per heavy atom. The first-order valence-corrected chi connectivity index (χ1v) is 8.59. The molecule has 0 saturated carbocycles. The number of hydrogen-bond donors (Lipinski definition) is 1. The van der Waals surface area contributed by atoms with Crippen molar-refractivity contribution >= 4 is 6.09 Å². The van der Waals surface area contributed by atoms with Crippen molar-refractivity contribution in [2.45, 2.75) is 32.9 Å². The minimum absolute atomic E-state index is 0.109.